The SMILES string of the molecule is CCc1ccc(CC(NC)c2cccc(N(C)C)c2)cc1. The molecule has 0 bridgehead atoms. The van der Waals surface area contributed by atoms with Gasteiger partial charge in [-0.2, -0.15) is 0 Å². The molecule has 1 N–H and O–H groups in total. The highest BCUT2D eigenvalue weighted by molar-refractivity contribution is 5.48. The number of nitrogens with zero attached hydrogens (tertiary/aromatic N) is 1. The van der Waals surface area contributed by atoms with Crippen LogP contribution in [-0.4, -0.2) is 21.1 Å². The molecule has 0 radical (unpaired) electrons. The van der Waals surface area contributed by atoms with Crippen LogP contribution in [0.15, 0.2) is 48.5 Å². The van der Waals surface area contributed by atoms with Crippen LogP contribution in [0.5, 0.6) is 0 Å². The van der Waals surface area contributed by atoms with Gasteiger partial charge in [0.15, 0.2) is 0 Å². The van der Waals surface area contributed by atoms with E-state index >= 15 is 0 Å². The van der Waals surface area contributed by atoms with Crippen LogP contribution in [0.1, 0.15) is 29.7 Å². The second kappa shape index (κ2) is 7.28. The van der Waals surface area contributed by atoms with E-state index in [9.17, 15) is 0 Å². The van der Waals surface area contributed by atoms with Gasteiger partial charge in [0.25, 0.3) is 0 Å². The number of anilines is 1. The zero-order valence-corrected chi connectivity index (χ0v) is 13.6. The minimum absolute atomic E-state index is 0.345. The molecule has 0 amide bonds. The Labute approximate surface area is 128 Å². The lowest BCUT2D eigenvalue weighted by molar-refractivity contribution is 0.592. The molecular weight excluding hydrogens is 256 g/mol. The quantitative estimate of drug-likeness (QED) is 0.866. The van der Waals surface area contributed by atoms with Crippen molar-refractivity contribution in [1.82, 2.24) is 5.32 Å². The van der Waals surface area contributed by atoms with Gasteiger partial charge in [-0.25, -0.2) is 0 Å². The predicted molar refractivity (Wildman–Crippen MR) is 92.1 cm³/mol. The maximum absolute atomic E-state index is 3.44. The van der Waals surface area contributed by atoms with Crippen molar-refractivity contribution in [1.29, 1.82) is 0 Å². The van der Waals surface area contributed by atoms with Crippen molar-refractivity contribution in [2.24, 2.45) is 0 Å². The molecule has 1 unspecified atom stereocenters. The van der Waals surface area contributed by atoms with Gasteiger partial charge in [-0.15, -0.1) is 0 Å². The summed E-state index contributed by atoms with van der Waals surface area (Å²) in [5, 5.41) is 3.44. The summed E-state index contributed by atoms with van der Waals surface area (Å²) in [7, 11) is 6.20. The Morgan fingerprint density at radius 1 is 1.00 bits per heavy atom. The molecule has 2 aromatic carbocycles. The highest BCUT2D eigenvalue weighted by atomic mass is 15.1. The molecular formula is C19H26N2. The summed E-state index contributed by atoms with van der Waals surface area (Å²) in [6.45, 7) is 2.19. The summed E-state index contributed by atoms with van der Waals surface area (Å²) in [6, 6.07) is 18.1. The summed E-state index contributed by atoms with van der Waals surface area (Å²) >= 11 is 0. The Bertz CT molecular complexity index is 558. The molecule has 0 aliphatic carbocycles. The number of likely N-dealkylation sites (N-methyl/N-ethyl adjacent to an activating group) is 1. The van der Waals surface area contributed by atoms with Crippen molar-refractivity contribution in [2.75, 3.05) is 26.0 Å². The fourth-order valence-corrected chi connectivity index (χ4v) is 2.55. The lowest BCUT2D eigenvalue weighted by atomic mass is 9.97. The number of nitrogens with one attached hydrogen (secondary N) is 1. The summed E-state index contributed by atoms with van der Waals surface area (Å²) in [5.41, 5.74) is 5.36. The molecule has 0 saturated carbocycles. The molecule has 112 valence electrons. The largest absolute Gasteiger partial charge is 0.378 e. The summed E-state index contributed by atoms with van der Waals surface area (Å²) in [4.78, 5) is 2.15. The van der Waals surface area contributed by atoms with Crippen molar-refractivity contribution < 1.29 is 0 Å². The molecule has 0 aromatic heterocycles. The fraction of sp³-hybridized carbons (Fsp3) is 0.368. The van der Waals surface area contributed by atoms with Gasteiger partial charge >= 0.3 is 0 Å². The van der Waals surface area contributed by atoms with Gasteiger partial charge in [0.05, 0.1) is 0 Å². The number of benzene rings is 2. The second-order valence-electron chi connectivity index (χ2n) is 5.70. The average molecular weight is 282 g/mol. The van der Waals surface area contributed by atoms with E-state index in [4.69, 9.17) is 0 Å². The first kappa shape index (κ1) is 15.6. The lowest BCUT2D eigenvalue weighted by Crippen LogP contribution is -2.19. The van der Waals surface area contributed by atoms with Crippen molar-refractivity contribution in [3.8, 4) is 0 Å². The molecule has 2 heteroatoms. The average Bonchev–Trinajstić information content (AvgIpc) is 2.53. The maximum Gasteiger partial charge on any atom is 0.0364 e. The van der Waals surface area contributed by atoms with Crippen LogP contribution in [0.25, 0.3) is 0 Å². The Morgan fingerprint density at radius 2 is 1.67 bits per heavy atom. The van der Waals surface area contributed by atoms with Crippen LogP contribution in [0.3, 0.4) is 0 Å². The van der Waals surface area contributed by atoms with Crippen LogP contribution < -0.4 is 10.2 Å². The molecule has 0 saturated heterocycles. The van der Waals surface area contributed by atoms with Gasteiger partial charge in [0.2, 0.25) is 0 Å². The van der Waals surface area contributed by atoms with Crippen LogP contribution in [0, 0.1) is 0 Å². The van der Waals surface area contributed by atoms with E-state index in [1.165, 1.54) is 22.4 Å². The summed E-state index contributed by atoms with van der Waals surface area (Å²) < 4.78 is 0. The number of aryl methyl sites for hydroxylation is 1. The molecule has 0 aliphatic rings. The molecule has 1 atom stereocenters. The Kier molecular flexibility index (Phi) is 5.40. The molecule has 0 aliphatic heterocycles. The van der Waals surface area contributed by atoms with E-state index in [2.05, 4.69) is 79.8 Å². The minimum Gasteiger partial charge on any atom is -0.378 e. The van der Waals surface area contributed by atoms with E-state index in [1.807, 2.05) is 7.05 Å². The van der Waals surface area contributed by atoms with E-state index in [0.29, 0.717) is 6.04 Å². The predicted octanol–water partition coefficient (Wildman–Crippen LogP) is 3.82. The van der Waals surface area contributed by atoms with E-state index in [1.54, 1.807) is 0 Å². The van der Waals surface area contributed by atoms with E-state index in [-0.39, 0.29) is 0 Å². The standard InChI is InChI=1S/C19H26N2/c1-5-15-9-11-16(12-10-15)13-19(20-2)17-7-6-8-18(14-17)21(3)4/h6-12,14,19-20H,5,13H2,1-4H3. The normalized spacial score (nSPS) is 12.2. The third kappa shape index (κ3) is 4.08. The lowest BCUT2D eigenvalue weighted by Gasteiger charge is -2.20. The first-order valence-electron chi connectivity index (χ1n) is 7.66. The molecule has 0 fully saturated rings. The number of rotatable bonds is 6. The van der Waals surface area contributed by atoms with Crippen LogP contribution >= 0.6 is 0 Å². The first-order chi connectivity index (χ1) is 10.1. The Balaban J connectivity index is 2.17. The highest BCUT2D eigenvalue weighted by Gasteiger charge is 2.11. The van der Waals surface area contributed by atoms with Gasteiger partial charge in [-0.3, -0.25) is 0 Å². The zero-order valence-electron chi connectivity index (χ0n) is 13.6. The van der Waals surface area contributed by atoms with Gasteiger partial charge in [0, 0.05) is 25.8 Å². The number of hydrogen-bond acceptors (Lipinski definition) is 2. The summed E-state index contributed by atoms with van der Waals surface area (Å²) in [5.74, 6) is 0. The van der Waals surface area contributed by atoms with Crippen molar-refractivity contribution >= 4 is 5.69 Å². The topological polar surface area (TPSA) is 15.3 Å². The number of hydrogen-bond donors (Lipinski definition) is 1. The van der Waals surface area contributed by atoms with E-state index in [0.717, 1.165) is 12.8 Å². The fourth-order valence-electron chi connectivity index (χ4n) is 2.55. The maximum atomic E-state index is 3.44. The summed E-state index contributed by atoms with van der Waals surface area (Å²) in [6.07, 6.45) is 2.11. The third-order valence-corrected chi connectivity index (χ3v) is 4.01. The first-order valence-corrected chi connectivity index (χ1v) is 7.66. The van der Waals surface area contributed by atoms with E-state index < -0.39 is 0 Å². The molecule has 21 heavy (non-hydrogen) atoms. The molecule has 0 heterocycles. The monoisotopic (exact) mass is 282 g/mol. The Hall–Kier alpha value is -1.80. The van der Waals surface area contributed by atoms with Crippen molar-refractivity contribution in [3.05, 3.63) is 65.2 Å². The van der Waals surface area contributed by atoms with Crippen LogP contribution in [0.2, 0.25) is 0 Å². The smallest absolute Gasteiger partial charge is 0.0364 e. The highest BCUT2D eigenvalue weighted by Crippen LogP contribution is 2.22. The van der Waals surface area contributed by atoms with Crippen LogP contribution in [0.4, 0.5) is 5.69 Å². The second-order valence-corrected chi connectivity index (χ2v) is 5.70. The third-order valence-electron chi connectivity index (χ3n) is 4.01. The van der Waals surface area contributed by atoms with Crippen LogP contribution in [-0.2, 0) is 12.8 Å². The molecule has 2 nitrogen and oxygen atoms in total. The zero-order chi connectivity index (χ0) is 15.2. The van der Waals surface area contributed by atoms with Crippen molar-refractivity contribution in [2.45, 2.75) is 25.8 Å². The molecule has 0 spiro atoms. The molecule has 2 rings (SSSR count). The van der Waals surface area contributed by atoms with Gasteiger partial charge in [0.1, 0.15) is 0 Å². The minimum atomic E-state index is 0.345. The van der Waals surface area contributed by atoms with Gasteiger partial charge < -0.3 is 10.2 Å². The molecule has 2 aromatic rings. The van der Waals surface area contributed by atoms with Crippen molar-refractivity contribution in [3.63, 3.8) is 0 Å². The Morgan fingerprint density at radius 3 is 2.24 bits per heavy atom. The van der Waals surface area contributed by atoms with Gasteiger partial charge in [-0.1, -0.05) is 43.3 Å². The van der Waals surface area contributed by atoms with Gasteiger partial charge in [-0.05, 0) is 48.7 Å².